The topological polar surface area (TPSA) is 73.8 Å². The lowest BCUT2D eigenvalue weighted by Gasteiger charge is -2.44. The predicted octanol–water partition coefficient (Wildman–Crippen LogP) is 3.29. The number of piperidine rings is 1. The molecular formula is C24H33ClN4O2S. The Bertz CT molecular complexity index is 1030. The Morgan fingerprint density at radius 2 is 1.66 bits per heavy atom. The minimum Gasteiger partial charge on any atom is -0.368 e. The highest BCUT2D eigenvalue weighted by molar-refractivity contribution is 7.89. The van der Waals surface area contributed by atoms with E-state index in [0.29, 0.717) is 37.4 Å². The Labute approximate surface area is 198 Å². The summed E-state index contributed by atoms with van der Waals surface area (Å²) in [5.74, 6) is 0.962. The number of nitrogens with zero attached hydrogens (tertiary/aromatic N) is 2. The third-order valence-electron chi connectivity index (χ3n) is 6.42. The van der Waals surface area contributed by atoms with Crippen LogP contribution in [0.4, 0.5) is 0 Å². The normalized spacial score (nSPS) is 18.6. The molecule has 2 N–H and O–H groups in total. The third-order valence-corrected chi connectivity index (χ3v) is 8.34. The molecule has 0 aliphatic carbocycles. The van der Waals surface area contributed by atoms with Crippen LogP contribution in [0.5, 0.6) is 0 Å². The molecule has 0 saturated carbocycles. The van der Waals surface area contributed by atoms with Crippen LogP contribution >= 0.6 is 12.4 Å². The Balaban J connectivity index is 0.00000289. The summed E-state index contributed by atoms with van der Waals surface area (Å²) in [6, 6.07) is 15.8. The van der Waals surface area contributed by atoms with E-state index in [1.165, 1.54) is 11.1 Å². The minimum absolute atomic E-state index is 0. The van der Waals surface area contributed by atoms with E-state index in [1.54, 1.807) is 16.4 Å². The molecule has 6 nitrogen and oxygen atoms in total. The van der Waals surface area contributed by atoms with Gasteiger partial charge in [-0.15, -0.1) is 12.4 Å². The summed E-state index contributed by atoms with van der Waals surface area (Å²) in [5.41, 5.74) is 3.32. The van der Waals surface area contributed by atoms with Gasteiger partial charge in [0, 0.05) is 26.2 Å². The van der Waals surface area contributed by atoms with Crippen LogP contribution in [-0.2, 0) is 23.0 Å². The monoisotopic (exact) mass is 476 g/mol. The molecule has 2 aromatic rings. The molecule has 8 heteroatoms. The molecule has 32 heavy (non-hydrogen) atoms. The number of hydrogen-bond acceptors (Lipinski definition) is 5. The summed E-state index contributed by atoms with van der Waals surface area (Å²) in [5, 5.41) is 7.18. The fraction of sp³-hybridized carbons (Fsp3) is 0.458. The Morgan fingerprint density at radius 3 is 2.28 bits per heavy atom. The largest absolute Gasteiger partial charge is 0.368 e. The number of aliphatic imine (C=N–C) groups is 1. The van der Waals surface area contributed by atoms with Gasteiger partial charge < -0.3 is 10.6 Å². The van der Waals surface area contributed by atoms with Gasteiger partial charge in [0.15, 0.2) is 0 Å². The Hall–Kier alpha value is -1.93. The quantitative estimate of drug-likeness (QED) is 0.694. The number of amidine groups is 1. The van der Waals surface area contributed by atoms with Crippen molar-refractivity contribution in [1.82, 2.24) is 14.9 Å². The van der Waals surface area contributed by atoms with Crippen molar-refractivity contribution in [3.63, 3.8) is 0 Å². The number of rotatable bonds is 5. The van der Waals surface area contributed by atoms with Gasteiger partial charge >= 0.3 is 0 Å². The van der Waals surface area contributed by atoms with Gasteiger partial charge in [-0.1, -0.05) is 48.9 Å². The van der Waals surface area contributed by atoms with Crippen LogP contribution in [0.25, 0.3) is 0 Å². The molecule has 2 aromatic carbocycles. The van der Waals surface area contributed by atoms with E-state index < -0.39 is 10.0 Å². The zero-order valence-corrected chi connectivity index (χ0v) is 20.4. The zero-order chi connectivity index (χ0) is 21.9. The van der Waals surface area contributed by atoms with E-state index >= 15 is 0 Å². The summed E-state index contributed by atoms with van der Waals surface area (Å²) >= 11 is 0. The lowest BCUT2D eigenvalue weighted by molar-refractivity contribution is 0.241. The molecular weight excluding hydrogens is 444 g/mol. The molecule has 0 radical (unpaired) electrons. The summed E-state index contributed by atoms with van der Waals surface area (Å²) < 4.78 is 27.9. The molecule has 1 saturated heterocycles. The molecule has 0 bridgehead atoms. The molecule has 1 fully saturated rings. The second kappa shape index (κ2) is 10.3. The second-order valence-electron chi connectivity index (χ2n) is 8.48. The molecule has 0 unspecified atom stereocenters. The van der Waals surface area contributed by atoms with Crippen molar-refractivity contribution in [1.29, 1.82) is 0 Å². The third kappa shape index (κ3) is 5.17. The maximum atomic E-state index is 13.1. The van der Waals surface area contributed by atoms with Crippen molar-refractivity contribution in [3.8, 4) is 0 Å². The first-order valence-corrected chi connectivity index (χ1v) is 12.6. The van der Waals surface area contributed by atoms with E-state index in [0.717, 1.165) is 30.9 Å². The SMILES string of the molecule is CCc1ccc(S(=O)(=O)N2CCC3(CC2)NCCN=C3NCc2ccc(C)cc2)cc1.Cl. The van der Waals surface area contributed by atoms with Gasteiger partial charge in [0.2, 0.25) is 10.0 Å². The van der Waals surface area contributed by atoms with Crippen LogP contribution in [0.15, 0.2) is 58.4 Å². The van der Waals surface area contributed by atoms with Crippen LogP contribution in [-0.4, -0.2) is 50.3 Å². The van der Waals surface area contributed by atoms with Crippen LogP contribution in [0.1, 0.15) is 36.5 Å². The summed E-state index contributed by atoms with van der Waals surface area (Å²) in [4.78, 5) is 5.16. The van der Waals surface area contributed by atoms with E-state index in [4.69, 9.17) is 4.99 Å². The number of hydrogen-bond donors (Lipinski definition) is 2. The lowest BCUT2D eigenvalue weighted by Crippen LogP contribution is -2.64. The predicted molar refractivity (Wildman–Crippen MR) is 132 cm³/mol. The highest BCUT2D eigenvalue weighted by Gasteiger charge is 2.43. The van der Waals surface area contributed by atoms with E-state index in [9.17, 15) is 8.42 Å². The lowest BCUT2D eigenvalue weighted by atomic mass is 9.85. The van der Waals surface area contributed by atoms with Gasteiger partial charge in [-0.3, -0.25) is 4.99 Å². The molecule has 2 heterocycles. The molecule has 0 atom stereocenters. The molecule has 0 aromatic heterocycles. The van der Waals surface area contributed by atoms with E-state index in [1.807, 2.05) is 12.1 Å². The smallest absolute Gasteiger partial charge is 0.243 e. The first kappa shape index (κ1) is 24.7. The first-order chi connectivity index (χ1) is 14.9. The van der Waals surface area contributed by atoms with Crippen molar-refractivity contribution < 1.29 is 8.42 Å². The van der Waals surface area contributed by atoms with Crippen LogP contribution in [0.3, 0.4) is 0 Å². The highest BCUT2D eigenvalue weighted by atomic mass is 35.5. The van der Waals surface area contributed by atoms with Crippen molar-refractivity contribution in [2.24, 2.45) is 4.99 Å². The van der Waals surface area contributed by atoms with E-state index in [-0.39, 0.29) is 17.9 Å². The first-order valence-electron chi connectivity index (χ1n) is 11.1. The molecule has 4 rings (SSSR count). The fourth-order valence-electron chi connectivity index (χ4n) is 4.38. The average molecular weight is 477 g/mol. The zero-order valence-electron chi connectivity index (χ0n) is 18.8. The number of sulfonamides is 1. The number of nitrogens with one attached hydrogen (secondary N) is 2. The van der Waals surface area contributed by atoms with Crippen LogP contribution < -0.4 is 10.6 Å². The Morgan fingerprint density at radius 1 is 1.03 bits per heavy atom. The maximum Gasteiger partial charge on any atom is 0.243 e. The Kier molecular flexibility index (Phi) is 7.98. The van der Waals surface area contributed by atoms with Gasteiger partial charge in [-0.25, -0.2) is 8.42 Å². The van der Waals surface area contributed by atoms with Gasteiger partial charge in [0.05, 0.1) is 17.0 Å². The van der Waals surface area contributed by atoms with Crippen molar-refractivity contribution in [3.05, 3.63) is 65.2 Å². The number of halogens is 1. The number of benzene rings is 2. The van der Waals surface area contributed by atoms with Gasteiger partial charge in [-0.2, -0.15) is 4.31 Å². The molecule has 1 spiro atoms. The summed E-state index contributed by atoms with van der Waals surface area (Å²) in [6.07, 6.45) is 2.31. The van der Waals surface area contributed by atoms with Crippen LogP contribution in [0, 0.1) is 6.92 Å². The number of aryl methyl sites for hydroxylation is 2. The minimum atomic E-state index is -3.47. The van der Waals surface area contributed by atoms with Crippen LogP contribution in [0.2, 0.25) is 0 Å². The summed E-state index contributed by atoms with van der Waals surface area (Å²) in [6.45, 7) is 7.39. The van der Waals surface area contributed by atoms with Gasteiger partial charge in [0.1, 0.15) is 5.84 Å². The van der Waals surface area contributed by atoms with Gasteiger partial charge in [-0.05, 0) is 49.4 Å². The molecule has 2 aliphatic rings. The average Bonchev–Trinajstić information content (AvgIpc) is 2.80. The maximum absolute atomic E-state index is 13.1. The highest BCUT2D eigenvalue weighted by Crippen LogP contribution is 2.29. The fourth-order valence-corrected chi connectivity index (χ4v) is 5.82. The van der Waals surface area contributed by atoms with Gasteiger partial charge in [0.25, 0.3) is 0 Å². The molecule has 0 amide bonds. The molecule has 174 valence electrons. The standard InChI is InChI=1S/C24H32N4O2S.ClH/c1-3-20-8-10-22(11-9-20)31(29,30)28-16-12-24(13-17-28)23(25-14-15-27-24)26-18-21-6-4-19(2)5-7-21;/h4-11,27H,3,12-18H2,1-2H3,(H,25,26);1H. The van der Waals surface area contributed by atoms with E-state index in [2.05, 4.69) is 48.7 Å². The summed E-state index contributed by atoms with van der Waals surface area (Å²) in [7, 11) is -3.47. The molecule has 2 aliphatic heterocycles. The van der Waals surface area contributed by atoms with Crippen molar-refractivity contribution in [2.45, 2.75) is 50.1 Å². The second-order valence-corrected chi connectivity index (χ2v) is 10.4. The van der Waals surface area contributed by atoms with Crippen molar-refractivity contribution >= 4 is 28.3 Å². The van der Waals surface area contributed by atoms with Crippen molar-refractivity contribution in [2.75, 3.05) is 26.2 Å².